The summed E-state index contributed by atoms with van der Waals surface area (Å²) >= 11 is 0. The summed E-state index contributed by atoms with van der Waals surface area (Å²) in [7, 11) is 0. The van der Waals surface area contributed by atoms with Crippen LogP contribution in [0.25, 0.3) is 0 Å². The molecule has 0 atom stereocenters. The van der Waals surface area contributed by atoms with Crippen LogP contribution in [0.3, 0.4) is 0 Å². The summed E-state index contributed by atoms with van der Waals surface area (Å²) in [5, 5.41) is 2.97. The van der Waals surface area contributed by atoms with E-state index in [0.717, 1.165) is 37.2 Å². The van der Waals surface area contributed by atoms with Gasteiger partial charge < -0.3 is 10.2 Å². The second-order valence-corrected chi connectivity index (χ2v) is 8.64. The van der Waals surface area contributed by atoms with Crippen molar-refractivity contribution in [1.29, 1.82) is 0 Å². The van der Waals surface area contributed by atoms with E-state index >= 15 is 0 Å². The summed E-state index contributed by atoms with van der Waals surface area (Å²) < 4.78 is 0. The molecular formula is C23H26N2O2. The molecule has 1 fully saturated rings. The monoisotopic (exact) mass is 362 g/mol. The number of hydrogen-bond donors (Lipinski definition) is 1. The number of nitrogens with zero attached hydrogens (tertiary/aromatic N) is 1. The Hall–Kier alpha value is -2.62. The second kappa shape index (κ2) is 6.52. The van der Waals surface area contributed by atoms with Crippen LogP contribution in [-0.2, 0) is 16.6 Å². The van der Waals surface area contributed by atoms with Gasteiger partial charge in [0.15, 0.2) is 0 Å². The minimum atomic E-state index is -0.131. The van der Waals surface area contributed by atoms with E-state index in [1.54, 1.807) is 0 Å². The van der Waals surface area contributed by atoms with Crippen LogP contribution in [0.1, 0.15) is 55.1 Å². The highest BCUT2D eigenvalue weighted by Crippen LogP contribution is 2.37. The molecule has 1 aliphatic carbocycles. The van der Waals surface area contributed by atoms with E-state index in [-0.39, 0.29) is 23.1 Å². The van der Waals surface area contributed by atoms with Gasteiger partial charge in [0.2, 0.25) is 5.91 Å². The number of nitrogens with one attached hydrogen (secondary N) is 1. The van der Waals surface area contributed by atoms with Crippen LogP contribution in [0.5, 0.6) is 0 Å². The molecule has 140 valence electrons. The average molecular weight is 362 g/mol. The predicted octanol–water partition coefficient (Wildman–Crippen LogP) is 4.54. The van der Waals surface area contributed by atoms with Gasteiger partial charge in [-0.1, -0.05) is 39.0 Å². The molecule has 2 aliphatic rings. The van der Waals surface area contributed by atoms with Gasteiger partial charge in [-0.05, 0) is 60.1 Å². The van der Waals surface area contributed by atoms with E-state index in [1.165, 1.54) is 11.1 Å². The molecule has 1 heterocycles. The standard InChI is InChI=1S/C23H26N2O2/c1-23(2,3)18-9-6-16(7-10-18)21(26)24-19-11-8-15-12-13-25(20(15)14-19)22(27)17-4-5-17/h6-11,14,17H,4-5,12-13H2,1-3H3,(H,24,26). The Morgan fingerprint density at radius 1 is 1.04 bits per heavy atom. The van der Waals surface area contributed by atoms with Crippen LogP contribution in [0, 0.1) is 5.92 Å². The molecule has 0 unspecified atom stereocenters. The van der Waals surface area contributed by atoms with Crippen molar-refractivity contribution in [2.75, 3.05) is 16.8 Å². The Balaban J connectivity index is 1.50. The normalized spacial score (nSPS) is 16.2. The van der Waals surface area contributed by atoms with E-state index in [4.69, 9.17) is 0 Å². The highest BCUT2D eigenvalue weighted by molar-refractivity contribution is 6.05. The molecule has 2 aromatic rings. The number of hydrogen-bond acceptors (Lipinski definition) is 2. The van der Waals surface area contributed by atoms with Crippen molar-refractivity contribution in [1.82, 2.24) is 0 Å². The molecule has 0 spiro atoms. The zero-order valence-corrected chi connectivity index (χ0v) is 16.2. The molecule has 4 heteroatoms. The lowest BCUT2D eigenvalue weighted by Gasteiger charge is -2.19. The molecule has 0 aromatic heterocycles. The Morgan fingerprint density at radius 3 is 2.37 bits per heavy atom. The summed E-state index contributed by atoms with van der Waals surface area (Å²) in [6.07, 6.45) is 2.90. The SMILES string of the molecule is CC(C)(C)c1ccc(C(=O)Nc2ccc3c(c2)N(C(=O)C2CC2)CC3)cc1. The molecule has 1 saturated carbocycles. The molecule has 2 amide bonds. The average Bonchev–Trinajstić information content (AvgIpc) is 3.40. The van der Waals surface area contributed by atoms with Crippen LogP contribution >= 0.6 is 0 Å². The molecule has 0 radical (unpaired) electrons. The van der Waals surface area contributed by atoms with Gasteiger partial charge in [0.1, 0.15) is 0 Å². The summed E-state index contributed by atoms with van der Waals surface area (Å²) in [6, 6.07) is 13.6. The smallest absolute Gasteiger partial charge is 0.255 e. The minimum Gasteiger partial charge on any atom is -0.322 e. The van der Waals surface area contributed by atoms with Gasteiger partial charge in [0, 0.05) is 29.4 Å². The number of carbonyl (C=O) groups excluding carboxylic acids is 2. The van der Waals surface area contributed by atoms with Gasteiger partial charge in [-0.25, -0.2) is 0 Å². The Labute approximate surface area is 160 Å². The quantitative estimate of drug-likeness (QED) is 0.872. The third-order valence-electron chi connectivity index (χ3n) is 5.44. The van der Waals surface area contributed by atoms with Crippen molar-refractivity contribution in [2.45, 2.75) is 45.4 Å². The zero-order valence-electron chi connectivity index (χ0n) is 16.2. The Morgan fingerprint density at radius 2 is 1.74 bits per heavy atom. The molecule has 2 aromatic carbocycles. The predicted molar refractivity (Wildman–Crippen MR) is 108 cm³/mol. The van der Waals surface area contributed by atoms with Crippen LogP contribution in [0.2, 0.25) is 0 Å². The van der Waals surface area contributed by atoms with E-state index in [9.17, 15) is 9.59 Å². The van der Waals surface area contributed by atoms with Crippen molar-refractivity contribution in [2.24, 2.45) is 5.92 Å². The molecule has 1 N–H and O–H groups in total. The molecule has 4 nitrogen and oxygen atoms in total. The number of anilines is 2. The van der Waals surface area contributed by atoms with E-state index in [0.29, 0.717) is 5.56 Å². The number of rotatable bonds is 3. The van der Waals surface area contributed by atoms with E-state index in [2.05, 4.69) is 26.1 Å². The summed E-state index contributed by atoms with van der Waals surface area (Å²) in [5.41, 5.74) is 4.76. The van der Waals surface area contributed by atoms with Crippen molar-refractivity contribution in [3.8, 4) is 0 Å². The van der Waals surface area contributed by atoms with Gasteiger partial charge in [-0.15, -0.1) is 0 Å². The highest BCUT2D eigenvalue weighted by atomic mass is 16.2. The lowest BCUT2D eigenvalue weighted by molar-refractivity contribution is -0.119. The lowest BCUT2D eigenvalue weighted by atomic mass is 9.87. The fourth-order valence-electron chi connectivity index (χ4n) is 3.56. The van der Waals surface area contributed by atoms with Crippen LogP contribution in [-0.4, -0.2) is 18.4 Å². The van der Waals surface area contributed by atoms with Crippen molar-refractivity contribution < 1.29 is 9.59 Å². The molecule has 4 rings (SSSR count). The molecular weight excluding hydrogens is 336 g/mol. The first-order valence-electron chi connectivity index (χ1n) is 9.69. The fraction of sp³-hybridized carbons (Fsp3) is 0.391. The molecule has 27 heavy (non-hydrogen) atoms. The number of amides is 2. The largest absolute Gasteiger partial charge is 0.322 e. The topological polar surface area (TPSA) is 49.4 Å². The minimum absolute atomic E-state index is 0.0620. The number of carbonyl (C=O) groups is 2. The summed E-state index contributed by atoms with van der Waals surface area (Å²) in [5.74, 6) is 0.305. The van der Waals surface area contributed by atoms with Gasteiger partial charge in [-0.2, -0.15) is 0 Å². The van der Waals surface area contributed by atoms with Gasteiger partial charge in [0.25, 0.3) is 5.91 Å². The molecule has 1 aliphatic heterocycles. The van der Waals surface area contributed by atoms with Crippen LogP contribution in [0.4, 0.5) is 11.4 Å². The Kier molecular flexibility index (Phi) is 4.29. The van der Waals surface area contributed by atoms with Crippen molar-refractivity contribution in [3.63, 3.8) is 0 Å². The van der Waals surface area contributed by atoms with Crippen molar-refractivity contribution >= 4 is 23.2 Å². The maximum absolute atomic E-state index is 12.6. The highest BCUT2D eigenvalue weighted by Gasteiger charge is 2.36. The van der Waals surface area contributed by atoms with E-state index in [1.807, 2.05) is 47.4 Å². The van der Waals surface area contributed by atoms with Gasteiger partial charge in [0.05, 0.1) is 0 Å². The number of benzene rings is 2. The first-order valence-corrected chi connectivity index (χ1v) is 9.69. The van der Waals surface area contributed by atoms with Gasteiger partial charge in [-0.3, -0.25) is 9.59 Å². The Bertz CT molecular complexity index is 890. The van der Waals surface area contributed by atoms with Crippen LogP contribution in [0.15, 0.2) is 42.5 Å². The second-order valence-electron chi connectivity index (χ2n) is 8.64. The molecule has 0 saturated heterocycles. The third kappa shape index (κ3) is 3.61. The van der Waals surface area contributed by atoms with Crippen LogP contribution < -0.4 is 10.2 Å². The summed E-state index contributed by atoms with van der Waals surface area (Å²) in [6.45, 7) is 7.21. The maximum Gasteiger partial charge on any atom is 0.255 e. The van der Waals surface area contributed by atoms with Gasteiger partial charge >= 0.3 is 0 Å². The fourth-order valence-corrected chi connectivity index (χ4v) is 3.56. The van der Waals surface area contributed by atoms with E-state index < -0.39 is 0 Å². The zero-order chi connectivity index (χ0) is 19.2. The third-order valence-corrected chi connectivity index (χ3v) is 5.44. The first-order chi connectivity index (χ1) is 12.8. The number of fused-ring (bicyclic) bond motifs is 1. The van der Waals surface area contributed by atoms with Crippen molar-refractivity contribution in [3.05, 3.63) is 59.2 Å². The lowest BCUT2D eigenvalue weighted by Crippen LogP contribution is -2.30. The maximum atomic E-state index is 12.6. The first kappa shape index (κ1) is 17.8. The molecule has 0 bridgehead atoms. The summed E-state index contributed by atoms with van der Waals surface area (Å²) in [4.78, 5) is 27.0.